The first-order chi connectivity index (χ1) is 18.2. The Kier molecular flexibility index (Phi) is 10.8. The normalized spacial score (nSPS) is 13.8. The van der Waals surface area contributed by atoms with E-state index < -0.39 is 18.1 Å². The van der Waals surface area contributed by atoms with Crippen molar-refractivity contribution < 1.29 is 42.6 Å². The van der Waals surface area contributed by atoms with Crippen LogP contribution in [0.4, 0.5) is 24.5 Å². The molecule has 0 saturated carbocycles. The zero-order valence-corrected chi connectivity index (χ0v) is 21.7. The molecular weight excluding hydrogens is 521 g/mol. The molecule has 0 unspecified atom stereocenters. The van der Waals surface area contributed by atoms with Gasteiger partial charge < -0.3 is 25.7 Å². The standard InChI is InChI=1S/C24H30N4O4.C2HF3O2/c1-16(2)25-22(29)15-27-10-12-28(13-11-27)21-9-8-19(14-20(21)24(31)32)26-23(30)18-6-4-17(3)5-7-18;3-2(4,5)1(6)7/h4-9,14,16H,10-13,15H2,1-3H3,(H,25,29)(H,26,30)(H,31,32);(H,6,7). The van der Waals surface area contributed by atoms with Crippen LogP contribution in [0.25, 0.3) is 0 Å². The number of hydrogen-bond acceptors (Lipinski definition) is 6. The number of carbonyl (C=O) groups excluding carboxylic acids is 2. The number of alkyl halides is 3. The summed E-state index contributed by atoms with van der Waals surface area (Å²) >= 11 is 0. The van der Waals surface area contributed by atoms with Crippen LogP contribution in [0.5, 0.6) is 0 Å². The van der Waals surface area contributed by atoms with Crippen LogP contribution in [-0.4, -0.2) is 83.8 Å². The molecule has 1 saturated heterocycles. The van der Waals surface area contributed by atoms with E-state index in [9.17, 15) is 32.7 Å². The molecule has 10 nitrogen and oxygen atoms in total. The van der Waals surface area contributed by atoms with Crippen molar-refractivity contribution in [1.29, 1.82) is 0 Å². The monoisotopic (exact) mass is 552 g/mol. The molecule has 13 heteroatoms. The van der Waals surface area contributed by atoms with Gasteiger partial charge in [0.2, 0.25) is 5.91 Å². The maximum Gasteiger partial charge on any atom is 0.490 e. The summed E-state index contributed by atoms with van der Waals surface area (Å²) in [6, 6.07) is 12.2. The van der Waals surface area contributed by atoms with E-state index in [2.05, 4.69) is 15.5 Å². The van der Waals surface area contributed by atoms with Crippen LogP contribution in [0.15, 0.2) is 42.5 Å². The van der Waals surface area contributed by atoms with Gasteiger partial charge >= 0.3 is 18.1 Å². The summed E-state index contributed by atoms with van der Waals surface area (Å²) in [5.41, 5.74) is 2.74. The maximum absolute atomic E-state index is 12.5. The smallest absolute Gasteiger partial charge is 0.478 e. The van der Waals surface area contributed by atoms with Crippen molar-refractivity contribution in [2.24, 2.45) is 0 Å². The van der Waals surface area contributed by atoms with Crippen molar-refractivity contribution in [3.05, 3.63) is 59.2 Å². The summed E-state index contributed by atoms with van der Waals surface area (Å²) in [4.78, 5) is 49.3. The van der Waals surface area contributed by atoms with Crippen molar-refractivity contribution in [3.63, 3.8) is 0 Å². The Balaban J connectivity index is 0.000000673. The predicted octanol–water partition coefficient (Wildman–Crippen LogP) is 3.23. The largest absolute Gasteiger partial charge is 0.490 e. The van der Waals surface area contributed by atoms with Gasteiger partial charge in [-0.15, -0.1) is 0 Å². The first kappa shape index (κ1) is 31.1. The van der Waals surface area contributed by atoms with Crippen molar-refractivity contribution in [2.45, 2.75) is 33.0 Å². The van der Waals surface area contributed by atoms with E-state index in [1.165, 1.54) is 6.07 Å². The second-order valence-corrected chi connectivity index (χ2v) is 9.15. The average molecular weight is 553 g/mol. The van der Waals surface area contributed by atoms with Crippen LogP contribution < -0.4 is 15.5 Å². The molecule has 2 aromatic rings. The Labute approximate surface area is 223 Å². The molecule has 2 amide bonds. The molecular formula is C26H31F3N4O6. The highest BCUT2D eigenvalue weighted by Crippen LogP contribution is 2.26. The number of rotatable bonds is 7. The van der Waals surface area contributed by atoms with Crippen LogP contribution in [0, 0.1) is 6.92 Å². The Hall–Kier alpha value is -4.13. The summed E-state index contributed by atoms with van der Waals surface area (Å²) in [6.07, 6.45) is -5.08. The van der Waals surface area contributed by atoms with Gasteiger partial charge in [0.15, 0.2) is 0 Å². The first-order valence-corrected chi connectivity index (χ1v) is 12.0. The van der Waals surface area contributed by atoms with E-state index in [1.807, 2.05) is 37.8 Å². The molecule has 3 rings (SSSR count). The minimum atomic E-state index is -5.08. The molecule has 1 fully saturated rings. The van der Waals surface area contributed by atoms with Crippen LogP contribution in [0.2, 0.25) is 0 Å². The summed E-state index contributed by atoms with van der Waals surface area (Å²) < 4.78 is 31.7. The second kappa shape index (κ2) is 13.6. The van der Waals surface area contributed by atoms with Gasteiger partial charge in [-0.1, -0.05) is 17.7 Å². The van der Waals surface area contributed by atoms with Gasteiger partial charge in [-0.05, 0) is 51.1 Å². The van der Waals surface area contributed by atoms with Crippen LogP contribution in [-0.2, 0) is 9.59 Å². The van der Waals surface area contributed by atoms with Crippen molar-refractivity contribution in [1.82, 2.24) is 10.2 Å². The zero-order chi connectivity index (χ0) is 29.3. The number of anilines is 2. The van der Waals surface area contributed by atoms with E-state index >= 15 is 0 Å². The van der Waals surface area contributed by atoms with Crippen molar-refractivity contribution in [3.8, 4) is 0 Å². The lowest BCUT2D eigenvalue weighted by atomic mass is 10.1. The number of aliphatic carboxylic acids is 1. The number of piperazine rings is 1. The first-order valence-electron chi connectivity index (χ1n) is 12.0. The third-order valence-electron chi connectivity index (χ3n) is 5.57. The lowest BCUT2D eigenvalue weighted by molar-refractivity contribution is -0.192. The summed E-state index contributed by atoms with van der Waals surface area (Å²) in [5, 5.41) is 22.5. The van der Waals surface area contributed by atoms with Gasteiger partial charge in [-0.3, -0.25) is 14.5 Å². The van der Waals surface area contributed by atoms with Crippen LogP contribution in [0.3, 0.4) is 0 Å². The number of carboxylic acid groups (broad SMARTS) is 2. The zero-order valence-electron chi connectivity index (χ0n) is 21.7. The number of hydrogen-bond donors (Lipinski definition) is 4. The average Bonchev–Trinajstić information content (AvgIpc) is 2.84. The fourth-order valence-electron chi connectivity index (χ4n) is 3.69. The van der Waals surface area contributed by atoms with Crippen LogP contribution >= 0.6 is 0 Å². The van der Waals surface area contributed by atoms with Crippen molar-refractivity contribution in [2.75, 3.05) is 42.9 Å². The van der Waals surface area contributed by atoms with E-state index in [4.69, 9.17) is 9.90 Å². The number of carboxylic acids is 2. The molecule has 1 aliphatic rings. The molecule has 4 N–H and O–H groups in total. The summed E-state index contributed by atoms with van der Waals surface area (Å²) in [5.74, 6) is -4.10. The molecule has 0 aliphatic carbocycles. The summed E-state index contributed by atoms with van der Waals surface area (Å²) in [6.45, 7) is 8.69. The lowest BCUT2D eigenvalue weighted by Crippen LogP contribution is -2.50. The third kappa shape index (κ3) is 9.93. The van der Waals surface area contributed by atoms with E-state index in [0.717, 1.165) is 5.56 Å². The Morgan fingerprint density at radius 1 is 0.949 bits per heavy atom. The maximum atomic E-state index is 12.5. The molecule has 0 bridgehead atoms. The van der Waals surface area contributed by atoms with Gasteiger partial charge in [0.25, 0.3) is 5.91 Å². The fraction of sp³-hybridized carbons (Fsp3) is 0.385. The highest BCUT2D eigenvalue weighted by Gasteiger charge is 2.38. The SMILES string of the molecule is Cc1ccc(C(=O)Nc2ccc(N3CCN(CC(=O)NC(C)C)CC3)c(C(=O)O)c2)cc1.O=C(O)C(F)(F)F. The number of nitrogens with one attached hydrogen (secondary N) is 2. The highest BCUT2D eigenvalue weighted by molar-refractivity contribution is 6.05. The van der Waals surface area contributed by atoms with Gasteiger partial charge in [-0.2, -0.15) is 13.2 Å². The predicted molar refractivity (Wildman–Crippen MR) is 138 cm³/mol. The Morgan fingerprint density at radius 3 is 2.00 bits per heavy atom. The molecule has 2 aromatic carbocycles. The highest BCUT2D eigenvalue weighted by atomic mass is 19.4. The molecule has 39 heavy (non-hydrogen) atoms. The Morgan fingerprint density at radius 2 is 1.51 bits per heavy atom. The van der Waals surface area contributed by atoms with Gasteiger partial charge in [0.1, 0.15) is 0 Å². The van der Waals surface area contributed by atoms with Gasteiger partial charge in [0.05, 0.1) is 17.8 Å². The minimum absolute atomic E-state index is 0.00616. The lowest BCUT2D eigenvalue weighted by Gasteiger charge is -2.36. The fourth-order valence-corrected chi connectivity index (χ4v) is 3.69. The molecule has 0 aromatic heterocycles. The van der Waals surface area contributed by atoms with Crippen LogP contribution in [0.1, 0.15) is 40.1 Å². The third-order valence-corrected chi connectivity index (χ3v) is 5.57. The minimum Gasteiger partial charge on any atom is -0.478 e. The second-order valence-electron chi connectivity index (χ2n) is 9.15. The topological polar surface area (TPSA) is 139 Å². The number of nitrogens with zero attached hydrogens (tertiary/aromatic N) is 2. The van der Waals surface area contributed by atoms with E-state index in [1.54, 1.807) is 24.3 Å². The number of benzene rings is 2. The van der Waals surface area contributed by atoms with Gasteiger partial charge in [0, 0.05) is 43.5 Å². The summed E-state index contributed by atoms with van der Waals surface area (Å²) in [7, 11) is 0. The molecule has 212 valence electrons. The Bertz CT molecular complexity index is 1180. The number of amides is 2. The van der Waals surface area contributed by atoms with Gasteiger partial charge in [-0.25, -0.2) is 9.59 Å². The number of halogens is 3. The number of carbonyl (C=O) groups is 4. The molecule has 0 atom stereocenters. The molecule has 0 spiro atoms. The van der Waals surface area contributed by atoms with E-state index in [0.29, 0.717) is 49.7 Å². The van der Waals surface area contributed by atoms with E-state index in [-0.39, 0.29) is 23.4 Å². The number of aryl methyl sites for hydroxylation is 1. The quantitative estimate of drug-likeness (QED) is 0.411. The molecule has 1 aliphatic heterocycles. The number of aromatic carboxylic acids is 1. The molecule has 1 heterocycles. The van der Waals surface area contributed by atoms with Crippen molar-refractivity contribution >= 4 is 35.1 Å². The molecule has 0 radical (unpaired) electrons.